The molecular formula is C17H29N3O5. The van der Waals surface area contributed by atoms with E-state index in [0.717, 1.165) is 6.42 Å². The number of likely N-dealkylation sites (tertiary alicyclic amines) is 2. The van der Waals surface area contributed by atoms with Crippen LogP contribution in [0.25, 0.3) is 0 Å². The normalized spacial score (nSPS) is 21.5. The maximum absolute atomic E-state index is 12.4. The Labute approximate surface area is 148 Å². The Kier molecular flexibility index (Phi) is 7.49. The monoisotopic (exact) mass is 355 g/mol. The highest BCUT2D eigenvalue weighted by Crippen LogP contribution is 2.19. The fourth-order valence-electron chi connectivity index (χ4n) is 3.30. The first-order chi connectivity index (χ1) is 12.0. The fraction of sp³-hybridized carbons (Fsp3) is 0.824. The Morgan fingerprint density at radius 1 is 1.28 bits per heavy atom. The zero-order valence-corrected chi connectivity index (χ0v) is 15.2. The molecule has 1 atom stereocenters. The van der Waals surface area contributed by atoms with E-state index >= 15 is 0 Å². The van der Waals surface area contributed by atoms with Crippen molar-refractivity contribution >= 4 is 17.9 Å². The second-order valence-corrected chi connectivity index (χ2v) is 6.56. The molecule has 1 N–H and O–H groups in total. The minimum Gasteiger partial charge on any atom is -0.450 e. The molecule has 0 spiro atoms. The van der Waals surface area contributed by atoms with E-state index in [9.17, 15) is 14.4 Å². The molecule has 2 aliphatic rings. The van der Waals surface area contributed by atoms with Gasteiger partial charge in [0.15, 0.2) is 0 Å². The van der Waals surface area contributed by atoms with Crippen molar-refractivity contribution in [1.82, 2.24) is 15.1 Å². The molecule has 0 aliphatic carbocycles. The summed E-state index contributed by atoms with van der Waals surface area (Å²) in [6.07, 6.45) is 2.19. The number of piperidine rings is 1. The van der Waals surface area contributed by atoms with Crippen molar-refractivity contribution in [1.29, 1.82) is 0 Å². The van der Waals surface area contributed by atoms with Crippen molar-refractivity contribution in [3.63, 3.8) is 0 Å². The number of methoxy groups -OCH3 is 1. The number of carbonyl (C=O) groups excluding carboxylic acids is 3. The van der Waals surface area contributed by atoms with Crippen molar-refractivity contribution in [3.05, 3.63) is 0 Å². The maximum Gasteiger partial charge on any atom is 0.409 e. The quantitative estimate of drug-likeness (QED) is 0.676. The third kappa shape index (κ3) is 5.59. The second kappa shape index (κ2) is 9.60. The van der Waals surface area contributed by atoms with E-state index in [-0.39, 0.29) is 36.3 Å². The topological polar surface area (TPSA) is 88.2 Å². The molecule has 2 aliphatic heterocycles. The van der Waals surface area contributed by atoms with Gasteiger partial charge in [-0.2, -0.15) is 0 Å². The van der Waals surface area contributed by atoms with Crippen LogP contribution in [0.2, 0.25) is 0 Å². The molecule has 0 aromatic rings. The Hall–Kier alpha value is -1.83. The molecule has 2 rings (SSSR count). The minimum absolute atomic E-state index is 0.0355. The van der Waals surface area contributed by atoms with Crippen molar-refractivity contribution in [2.45, 2.75) is 38.6 Å². The highest BCUT2D eigenvalue weighted by atomic mass is 16.6. The molecule has 0 aromatic carbocycles. The first-order valence-electron chi connectivity index (χ1n) is 9.04. The first kappa shape index (κ1) is 19.5. The summed E-state index contributed by atoms with van der Waals surface area (Å²) in [6, 6.07) is 0.0517. The number of nitrogens with zero attached hydrogens (tertiary/aromatic N) is 2. The summed E-state index contributed by atoms with van der Waals surface area (Å²) in [4.78, 5) is 39.5. The van der Waals surface area contributed by atoms with Crippen molar-refractivity contribution in [2.75, 3.05) is 46.5 Å². The predicted molar refractivity (Wildman–Crippen MR) is 90.9 cm³/mol. The van der Waals surface area contributed by atoms with Gasteiger partial charge in [-0.25, -0.2) is 4.79 Å². The van der Waals surface area contributed by atoms with Gasteiger partial charge in [0.1, 0.15) is 0 Å². The number of hydrogen-bond acceptors (Lipinski definition) is 5. The van der Waals surface area contributed by atoms with E-state index < -0.39 is 0 Å². The molecule has 2 saturated heterocycles. The lowest BCUT2D eigenvalue weighted by Crippen LogP contribution is -2.48. The van der Waals surface area contributed by atoms with Gasteiger partial charge < -0.3 is 24.6 Å². The average molecular weight is 355 g/mol. The molecular weight excluding hydrogens is 326 g/mol. The third-order valence-electron chi connectivity index (χ3n) is 4.73. The summed E-state index contributed by atoms with van der Waals surface area (Å²) in [5.74, 6) is -0.302. The fourth-order valence-corrected chi connectivity index (χ4v) is 3.30. The Balaban J connectivity index is 1.72. The number of amides is 3. The predicted octanol–water partition coefficient (Wildman–Crippen LogP) is 0.609. The molecule has 142 valence electrons. The van der Waals surface area contributed by atoms with Gasteiger partial charge in [-0.1, -0.05) is 0 Å². The van der Waals surface area contributed by atoms with E-state index in [0.29, 0.717) is 52.2 Å². The van der Waals surface area contributed by atoms with E-state index in [1.54, 1.807) is 23.8 Å². The Morgan fingerprint density at radius 2 is 2.00 bits per heavy atom. The van der Waals surface area contributed by atoms with Crippen LogP contribution in [0.15, 0.2) is 0 Å². The van der Waals surface area contributed by atoms with Crippen molar-refractivity contribution in [2.24, 2.45) is 5.92 Å². The van der Waals surface area contributed by atoms with Crippen LogP contribution < -0.4 is 5.32 Å². The lowest BCUT2D eigenvalue weighted by molar-refractivity contribution is -0.129. The number of hydrogen-bond donors (Lipinski definition) is 1. The highest BCUT2D eigenvalue weighted by Gasteiger charge is 2.35. The van der Waals surface area contributed by atoms with Gasteiger partial charge in [-0.05, 0) is 26.2 Å². The largest absolute Gasteiger partial charge is 0.450 e. The maximum atomic E-state index is 12.4. The molecule has 0 bridgehead atoms. The van der Waals surface area contributed by atoms with Gasteiger partial charge in [0.05, 0.1) is 12.5 Å². The smallest absolute Gasteiger partial charge is 0.409 e. The number of carbonyl (C=O) groups is 3. The lowest BCUT2D eigenvalue weighted by Gasteiger charge is -2.32. The molecule has 0 aromatic heterocycles. The van der Waals surface area contributed by atoms with Crippen LogP contribution in [-0.4, -0.2) is 80.3 Å². The zero-order chi connectivity index (χ0) is 18.2. The summed E-state index contributed by atoms with van der Waals surface area (Å²) in [7, 11) is 1.63. The summed E-state index contributed by atoms with van der Waals surface area (Å²) in [5, 5.41) is 3.04. The summed E-state index contributed by atoms with van der Waals surface area (Å²) in [5.41, 5.74) is 0. The van der Waals surface area contributed by atoms with Gasteiger partial charge in [-0.15, -0.1) is 0 Å². The van der Waals surface area contributed by atoms with E-state index in [1.165, 1.54) is 0 Å². The van der Waals surface area contributed by atoms with Crippen LogP contribution in [0.4, 0.5) is 4.79 Å². The van der Waals surface area contributed by atoms with E-state index in [2.05, 4.69) is 5.32 Å². The number of ether oxygens (including phenoxy) is 2. The lowest BCUT2D eigenvalue weighted by atomic mass is 10.0. The Morgan fingerprint density at radius 3 is 2.64 bits per heavy atom. The minimum atomic E-state index is -0.291. The number of rotatable bonds is 7. The Bertz CT molecular complexity index is 477. The van der Waals surface area contributed by atoms with Gasteiger partial charge >= 0.3 is 6.09 Å². The van der Waals surface area contributed by atoms with Crippen molar-refractivity contribution in [3.8, 4) is 0 Å². The summed E-state index contributed by atoms with van der Waals surface area (Å²) in [6.45, 7) is 5.04. The van der Waals surface area contributed by atoms with E-state index in [1.807, 2.05) is 0 Å². The summed E-state index contributed by atoms with van der Waals surface area (Å²) < 4.78 is 9.99. The number of nitrogens with one attached hydrogen (secondary N) is 1. The standard InChI is InChI=1S/C17H29N3O5/c1-3-25-17(23)19-8-5-14(6-9-19)18-16(22)13-11-15(21)20(12-13)7-4-10-24-2/h13-14H,3-12H2,1-2H3,(H,18,22). The molecule has 1 unspecified atom stereocenters. The second-order valence-electron chi connectivity index (χ2n) is 6.56. The summed E-state index contributed by atoms with van der Waals surface area (Å²) >= 11 is 0. The van der Waals surface area contributed by atoms with Crippen molar-refractivity contribution < 1.29 is 23.9 Å². The van der Waals surface area contributed by atoms with Crippen LogP contribution in [0.3, 0.4) is 0 Å². The SMILES string of the molecule is CCOC(=O)N1CCC(NC(=O)C2CC(=O)N(CCCOC)C2)CC1. The molecule has 3 amide bonds. The van der Waals surface area contributed by atoms with Gasteiger partial charge in [0.25, 0.3) is 0 Å². The van der Waals surface area contributed by atoms with Gasteiger partial charge in [0.2, 0.25) is 11.8 Å². The van der Waals surface area contributed by atoms with Gasteiger partial charge in [0, 0.05) is 52.4 Å². The van der Waals surface area contributed by atoms with Gasteiger partial charge in [-0.3, -0.25) is 9.59 Å². The first-order valence-corrected chi connectivity index (χ1v) is 9.04. The molecule has 0 saturated carbocycles. The zero-order valence-electron chi connectivity index (χ0n) is 15.2. The molecule has 2 fully saturated rings. The van der Waals surface area contributed by atoms with Crippen LogP contribution in [0.5, 0.6) is 0 Å². The van der Waals surface area contributed by atoms with Crippen LogP contribution in [-0.2, 0) is 19.1 Å². The molecule has 8 nitrogen and oxygen atoms in total. The molecule has 0 radical (unpaired) electrons. The molecule has 25 heavy (non-hydrogen) atoms. The van der Waals surface area contributed by atoms with Crippen LogP contribution in [0.1, 0.15) is 32.6 Å². The highest BCUT2D eigenvalue weighted by molar-refractivity contribution is 5.89. The van der Waals surface area contributed by atoms with E-state index in [4.69, 9.17) is 9.47 Å². The molecule has 8 heteroatoms. The molecule has 2 heterocycles. The average Bonchev–Trinajstić information content (AvgIpc) is 2.97. The van der Waals surface area contributed by atoms with Crippen LogP contribution >= 0.6 is 0 Å². The third-order valence-corrected chi connectivity index (χ3v) is 4.73. The van der Waals surface area contributed by atoms with Crippen LogP contribution in [0, 0.1) is 5.92 Å².